The molecule has 0 aliphatic heterocycles. The van der Waals surface area contributed by atoms with Gasteiger partial charge in [-0.25, -0.2) is 0 Å². The molecule has 2 aromatic rings. The summed E-state index contributed by atoms with van der Waals surface area (Å²) < 4.78 is 0.426. The van der Waals surface area contributed by atoms with E-state index in [0.29, 0.717) is 25.5 Å². The topological polar surface area (TPSA) is 95.6 Å². The van der Waals surface area contributed by atoms with Gasteiger partial charge in [-0.3, -0.25) is 4.79 Å². The highest BCUT2D eigenvalue weighted by molar-refractivity contribution is 7.18. The van der Waals surface area contributed by atoms with Crippen molar-refractivity contribution in [2.75, 3.05) is 13.6 Å². The molecule has 138 valence electrons. The number of nitrogens with one attached hydrogen (secondary N) is 2. The summed E-state index contributed by atoms with van der Waals surface area (Å²) in [6.07, 6.45) is 1.04. The van der Waals surface area contributed by atoms with E-state index in [9.17, 15) is 4.79 Å². The van der Waals surface area contributed by atoms with Crippen molar-refractivity contribution >= 4 is 64.0 Å². The van der Waals surface area contributed by atoms with Crippen molar-refractivity contribution in [3.8, 4) is 0 Å². The molecule has 1 aromatic carbocycles. The number of benzene rings is 1. The van der Waals surface area contributed by atoms with E-state index in [2.05, 4.69) is 5.32 Å². The molecule has 1 amide bonds. The Kier molecular flexibility index (Phi) is 7.64. The summed E-state index contributed by atoms with van der Waals surface area (Å²) >= 11 is 19.5. The fourth-order valence-corrected chi connectivity index (χ4v) is 4.01. The van der Waals surface area contributed by atoms with Crippen LogP contribution in [0.1, 0.15) is 26.8 Å². The van der Waals surface area contributed by atoms with Crippen molar-refractivity contribution in [1.29, 1.82) is 5.41 Å². The third kappa shape index (κ3) is 4.85. The van der Waals surface area contributed by atoms with Crippen molar-refractivity contribution in [2.24, 2.45) is 5.73 Å². The second-order valence-corrected chi connectivity index (χ2v) is 7.81. The van der Waals surface area contributed by atoms with Gasteiger partial charge in [0.1, 0.15) is 9.37 Å². The second kappa shape index (κ2) is 9.50. The Morgan fingerprint density at radius 1 is 1.42 bits per heavy atom. The normalized spacial score (nSPS) is 13.1. The first-order chi connectivity index (χ1) is 12.4. The zero-order chi connectivity index (χ0) is 19.3. The average molecular weight is 433 g/mol. The molecular formula is C17H18Cl3N4OS+. The lowest BCUT2D eigenvalue weighted by atomic mass is 10.1. The van der Waals surface area contributed by atoms with Gasteiger partial charge in [0.15, 0.2) is 5.70 Å². The van der Waals surface area contributed by atoms with Gasteiger partial charge in [-0.1, -0.05) is 46.9 Å². The standard InChI is InChI=1S/C17H17Cl3N4OS/c1-23-15(12(19)7-21)11-6-14(26-16(11)20)17(25)24-13(8-22)9-3-2-4-10(18)5-9/h2-7,13,21,23H,8,22H2,1H3,(H,24,25)/p+1. The van der Waals surface area contributed by atoms with Crippen LogP contribution in [-0.4, -0.2) is 25.7 Å². The monoisotopic (exact) mass is 431 g/mol. The SMILES string of the molecule is C[NH2+]C(=C(Cl)C=N)c1cc(C(=O)NC(CN)c2cccc(Cl)c2)sc1Cl. The van der Waals surface area contributed by atoms with Crippen LogP contribution >= 0.6 is 46.1 Å². The third-order valence-corrected chi connectivity index (χ3v) is 5.57. The number of hydrogen-bond donors (Lipinski definition) is 4. The Labute approximate surface area is 170 Å². The molecule has 0 aliphatic carbocycles. The van der Waals surface area contributed by atoms with Gasteiger partial charge in [0.05, 0.1) is 23.5 Å². The smallest absolute Gasteiger partial charge is 0.261 e. The number of allylic oxidation sites excluding steroid dienone is 1. The van der Waals surface area contributed by atoms with Gasteiger partial charge in [-0.05, 0) is 23.8 Å². The van der Waals surface area contributed by atoms with Gasteiger partial charge in [0.25, 0.3) is 5.91 Å². The van der Waals surface area contributed by atoms with Crippen LogP contribution in [0.25, 0.3) is 5.70 Å². The minimum absolute atomic E-state index is 0.228. The highest BCUT2D eigenvalue weighted by Crippen LogP contribution is 2.32. The molecular weight excluding hydrogens is 415 g/mol. The van der Waals surface area contributed by atoms with Crippen molar-refractivity contribution < 1.29 is 10.1 Å². The summed E-state index contributed by atoms with van der Waals surface area (Å²) in [6, 6.07) is 8.47. The number of halogens is 3. The van der Waals surface area contributed by atoms with Crippen LogP contribution in [0.5, 0.6) is 0 Å². The molecule has 0 spiro atoms. The number of rotatable bonds is 7. The van der Waals surface area contributed by atoms with E-state index in [1.807, 2.05) is 6.07 Å². The second-order valence-electron chi connectivity index (χ2n) is 5.31. The Bertz CT molecular complexity index is 850. The predicted molar refractivity (Wildman–Crippen MR) is 109 cm³/mol. The summed E-state index contributed by atoms with van der Waals surface area (Å²) in [5.41, 5.74) is 7.85. The van der Waals surface area contributed by atoms with E-state index in [0.717, 1.165) is 23.1 Å². The van der Waals surface area contributed by atoms with E-state index in [1.54, 1.807) is 36.6 Å². The molecule has 1 heterocycles. The van der Waals surface area contributed by atoms with Gasteiger partial charge in [0, 0.05) is 17.8 Å². The van der Waals surface area contributed by atoms with E-state index >= 15 is 0 Å². The van der Waals surface area contributed by atoms with Crippen LogP contribution in [0.4, 0.5) is 0 Å². The molecule has 1 atom stereocenters. The Morgan fingerprint density at radius 2 is 2.15 bits per heavy atom. The van der Waals surface area contributed by atoms with Crippen LogP contribution in [-0.2, 0) is 0 Å². The zero-order valence-corrected chi connectivity index (χ0v) is 16.9. The van der Waals surface area contributed by atoms with Gasteiger partial charge >= 0.3 is 0 Å². The Morgan fingerprint density at radius 3 is 2.73 bits per heavy atom. The number of nitrogens with two attached hydrogens (primary N) is 2. The molecule has 0 bridgehead atoms. The largest absolute Gasteiger partial charge is 0.343 e. The molecule has 26 heavy (non-hydrogen) atoms. The number of carbonyl (C=O) groups excluding carboxylic acids is 1. The van der Waals surface area contributed by atoms with Gasteiger partial charge in [0.2, 0.25) is 0 Å². The van der Waals surface area contributed by atoms with E-state index in [1.165, 1.54) is 0 Å². The molecule has 6 N–H and O–H groups in total. The zero-order valence-electron chi connectivity index (χ0n) is 13.9. The fraction of sp³-hybridized carbons (Fsp3) is 0.176. The van der Waals surface area contributed by atoms with Crippen LogP contribution in [0.3, 0.4) is 0 Å². The lowest BCUT2D eigenvalue weighted by Crippen LogP contribution is -2.76. The van der Waals surface area contributed by atoms with Crippen molar-refractivity contribution in [2.45, 2.75) is 6.04 Å². The van der Waals surface area contributed by atoms with E-state index in [-0.39, 0.29) is 23.5 Å². The van der Waals surface area contributed by atoms with Crippen molar-refractivity contribution in [1.82, 2.24) is 5.32 Å². The number of amides is 1. The molecule has 1 aromatic heterocycles. The molecule has 0 aliphatic rings. The van der Waals surface area contributed by atoms with Crippen LogP contribution in [0.2, 0.25) is 9.36 Å². The maximum Gasteiger partial charge on any atom is 0.261 e. The fourth-order valence-electron chi connectivity index (χ4n) is 2.40. The minimum Gasteiger partial charge on any atom is -0.343 e. The van der Waals surface area contributed by atoms with Crippen LogP contribution in [0.15, 0.2) is 35.4 Å². The quantitative estimate of drug-likeness (QED) is 0.505. The maximum atomic E-state index is 12.6. The lowest BCUT2D eigenvalue weighted by Gasteiger charge is -2.17. The summed E-state index contributed by atoms with van der Waals surface area (Å²) in [7, 11) is 1.79. The van der Waals surface area contributed by atoms with E-state index in [4.69, 9.17) is 45.9 Å². The minimum atomic E-state index is -0.372. The first-order valence-electron chi connectivity index (χ1n) is 7.67. The van der Waals surface area contributed by atoms with Crippen LogP contribution in [0, 0.1) is 5.41 Å². The molecule has 0 fully saturated rings. The highest BCUT2D eigenvalue weighted by atomic mass is 35.5. The first-order valence-corrected chi connectivity index (χ1v) is 9.62. The van der Waals surface area contributed by atoms with Gasteiger partial charge in [-0.2, -0.15) is 0 Å². The number of carbonyl (C=O) groups is 1. The molecule has 1 unspecified atom stereocenters. The molecule has 0 radical (unpaired) electrons. The summed E-state index contributed by atoms with van der Waals surface area (Å²) in [6.45, 7) is 0.228. The average Bonchev–Trinajstić information content (AvgIpc) is 3.01. The Hall–Kier alpha value is -1.41. The number of thiophene rings is 1. The predicted octanol–water partition coefficient (Wildman–Crippen LogP) is 3.23. The van der Waals surface area contributed by atoms with Gasteiger partial charge < -0.3 is 21.8 Å². The lowest BCUT2D eigenvalue weighted by molar-refractivity contribution is -0.530. The number of hydrogen-bond acceptors (Lipinski definition) is 4. The molecule has 5 nitrogen and oxygen atoms in total. The molecule has 9 heteroatoms. The molecule has 0 saturated heterocycles. The molecule has 2 rings (SSSR count). The first kappa shape index (κ1) is 20.9. The third-order valence-electron chi connectivity index (χ3n) is 3.67. The summed E-state index contributed by atoms with van der Waals surface area (Å²) in [5.74, 6) is -0.292. The van der Waals surface area contributed by atoms with Crippen LogP contribution < -0.4 is 16.4 Å². The maximum absolute atomic E-state index is 12.6. The summed E-state index contributed by atoms with van der Waals surface area (Å²) in [5, 5.41) is 12.8. The van der Waals surface area contributed by atoms with Crippen molar-refractivity contribution in [3.63, 3.8) is 0 Å². The summed E-state index contributed by atoms with van der Waals surface area (Å²) in [4.78, 5) is 13.1. The molecule has 0 saturated carbocycles. The van der Waals surface area contributed by atoms with E-state index < -0.39 is 0 Å². The van der Waals surface area contributed by atoms with Crippen molar-refractivity contribution in [3.05, 3.63) is 60.7 Å². The highest BCUT2D eigenvalue weighted by Gasteiger charge is 2.22. The Balaban J connectivity index is 2.27. The number of quaternary nitrogens is 1. The van der Waals surface area contributed by atoms with Gasteiger partial charge in [-0.15, -0.1) is 11.3 Å².